The van der Waals surface area contributed by atoms with E-state index in [0.29, 0.717) is 12.8 Å². The molecule has 0 aliphatic rings. The minimum Gasteiger partial charge on any atom is -0.466 e. The maximum absolute atomic E-state index is 11.1. The smallest absolute Gasteiger partial charge is 0.147 e. The molecule has 0 fully saturated rings. The zero-order valence-corrected chi connectivity index (χ0v) is 12.2. The largest absolute Gasteiger partial charge is 0.466 e. The van der Waals surface area contributed by atoms with Crippen LogP contribution in [0.1, 0.15) is 41.5 Å². The number of furan rings is 1. The molecule has 104 valence electrons. The molecular formula is C12H22N2O3S. The van der Waals surface area contributed by atoms with Gasteiger partial charge in [0, 0.05) is 23.6 Å². The van der Waals surface area contributed by atoms with Crippen molar-refractivity contribution in [3.8, 4) is 0 Å². The van der Waals surface area contributed by atoms with E-state index in [-0.39, 0.29) is 11.8 Å². The van der Waals surface area contributed by atoms with E-state index in [1.807, 2.05) is 20.8 Å². The average molecular weight is 274 g/mol. The van der Waals surface area contributed by atoms with Gasteiger partial charge in [-0.3, -0.25) is 11.3 Å². The summed E-state index contributed by atoms with van der Waals surface area (Å²) in [5.74, 6) is 7.46. The minimum atomic E-state index is -2.92. The molecule has 1 aromatic rings. The number of aryl methyl sites for hydroxylation is 2. The number of hydrogen-bond donors (Lipinski definition) is 2. The lowest BCUT2D eigenvalue weighted by molar-refractivity contribution is 0.472. The Morgan fingerprint density at radius 1 is 1.28 bits per heavy atom. The van der Waals surface area contributed by atoms with Crippen molar-refractivity contribution in [3.63, 3.8) is 0 Å². The van der Waals surface area contributed by atoms with Gasteiger partial charge in [0.2, 0.25) is 0 Å². The second-order valence-electron chi connectivity index (χ2n) is 4.74. The zero-order valence-electron chi connectivity index (χ0n) is 11.4. The van der Waals surface area contributed by atoms with E-state index in [0.717, 1.165) is 22.6 Å². The maximum Gasteiger partial charge on any atom is 0.147 e. The van der Waals surface area contributed by atoms with Crippen LogP contribution in [0.2, 0.25) is 0 Å². The summed E-state index contributed by atoms with van der Waals surface area (Å²) >= 11 is 0. The van der Waals surface area contributed by atoms with Crippen LogP contribution in [0.25, 0.3) is 0 Å². The molecular weight excluding hydrogens is 252 g/mol. The summed E-state index contributed by atoms with van der Waals surface area (Å²) in [6, 6.07) is -0.0656. The molecule has 0 bridgehead atoms. The third kappa shape index (κ3) is 3.83. The summed E-state index contributed by atoms with van der Waals surface area (Å²) in [4.78, 5) is 0. The molecule has 1 heterocycles. The highest BCUT2D eigenvalue weighted by atomic mass is 32.2. The van der Waals surface area contributed by atoms with Crippen LogP contribution in [0.15, 0.2) is 4.42 Å². The third-order valence-corrected chi connectivity index (χ3v) is 4.21. The van der Waals surface area contributed by atoms with Crippen molar-refractivity contribution in [1.29, 1.82) is 0 Å². The molecule has 0 spiro atoms. The minimum absolute atomic E-state index is 0.0656. The molecule has 6 heteroatoms. The lowest BCUT2D eigenvalue weighted by atomic mass is 9.99. The molecule has 1 aromatic heterocycles. The van der Waals surface area contributed by atoms with Gasteiger partial charge in [0.25, 0.3) is 0 Å². The van der Waals surface area contributed by atoms with Gasteiger partial charge in [0.1, 0.15) is 21.4 Å². The number of nitrogens with two attached hydrogens (primary N) is 1. The van der Waals surface area contributed by atoms with Gasteiger partial charge >= 0.3 is 0 Å². The molecule has 0 aromatic carbocycles. The number of hydrogen-bond acceptors (Lipinski definition) is 5. The highest BCUT2D eigenvalue weighted by molar-refractivity contribution is 7.90. The summed E-state index contributed by atoms with van der Waals surface area (Å²) in [6.45, 7) is 5.80. The first-order valence-corrected chi connectivity index (χ1v) is 8.02. The fraction of sp³-hybridized carbons (Fsp3) is 0.667. The van der Waals surface area contributed by atoms with Crippen molar-refractivity contribution in [3.05, 3.63) is 22.6 Å². The Kier molecular flexibility index (Phi) is 4.95. The molecule has 1 rings (SSSR count). The molecule has 1 unspecified atom stereocenters. The van der Waals surface area contributed by atoms with Crippen molar-refractivity contribution < 1.29 is 12.8 Å². The van der Waals surface area contributed by atoms with E-state index in [2.05, 4.69) is 5.43 Å². The van der Waals surface area contributed by atoms with Crippen molar-refractivity contribution >= 4 is 9.84 Å². The van der Waals surface area contributed by atoms with E-state index in [1.165, 1.54) is 6.26 Å². The number of sulfone groups is 1. The van der Waals surface area contributed by atoms with Gasteiger partial charge in [0.05, 0.1) is 0 Å². The van der Waals surface area contributed by atoms with Gasteiger partial charge in [-0.05, 0) is 39.2 Å². The van der Waals surface area contributed by atoms with Gasteiger partial charge in [-0.2, -0.15) is 0 Å². The maximum atomic E-state index is 11.1. The summed E-state index contributed by atoms with van der Waals surface area (Å²) < 4.78 is 27.8. The number of rotatable bonds is 6. The Morgan fingerprint density at radius 3 is 2.28 bits per heavy atom. The molecule has 0 amide bonds. The van der Waals surface area contributed by atoms with Crippen LogP contribution in [0.4, 0.5) is 0 Å². The first-order chi connectivity index (χ1) is 8.26. The SMILES string of the molecule is Cc1oc(C)c(C(CCCS(C)(=O)=O)NN)c1C. The van der Waals surface area contributed by atoms with Crippen LogP contribution in [-0.4, -0.2) is 20.4 Å². The standard InChI is InChI=1S/C12H22N2O3S/c1-8-9(2)17-10(3)12(8)11(14-13)6-5-7-18(4,15)16/h11,14H,5-7,13H2,1-4H3. The van der Waals surface area contributed by atoms with E-state index in [9.17, 15) is 8.42 Å². The number of nitrogens with one attached hydrogen (secondary N) is 1. The zero-order chi connectivity index (χ0) is 13.9. The molecule has 18 heavy (non-hydrogen) atoms. The van der Waals surface area contributed by atoms with Crippen molar-refractivity contribution in [2.75, 3.05) is 12.0 Å². The second kappa shape index (κ2) is 5.86. The van der Waals surface area contributed by atoms with Crippen molar-refractivity contribution in [1.82, 2.24) is 5.43 Å². The third-order valence-electron chi connectivity index (χ3n) is 3.18. The lowest BCUT2D eigenvalue weighted by Crippen LogP contribution is -2.29. The Labute approximate surface area is 109 Å². The quantitative estimate of drug-likeness (QED) is 0.607. The molecule has 3 N–H and O–H groups in total. The van der Waals surface area contributed by atoms with E-state index in [1.54, 1.807) is 0 Å². The van der Waals surface area contributed by atoms with Crippen LogP contribution in [0.3, 0.4) is 0 Å². The number of hydrazine groups is 1. The topological polar surface area (TPSA) is 85.3 Å². The molecule has 0 aliphatic heterocycles. The summed E-state index contributed by atoms with van der Waals surface area (Å²) in [5.41, 5.74) is 4.87. The monoisotopic (exact) mass is 274 g/mol. The van der Waals surface area contributed by atoms with E-state index < -0.39 is 9.84 Å². The lowest BCUT2D eigenvalue weighted by Gasteiger charge is -2.16. The van der Waals surface area contributed by atoms with Crippen molar-refractivity contribution in [2.45, 2.75) is 39.7 Å². The van der Waals surface area contributed by atoms with Gasteiger partial charge < -0.3 is 4.42 Å². The fourth-order valence-corrected chi connectivity index (χ4v) is 2.87. The Balaban J connectivity index is 2.78. The summed E-state index contributed by atoms with van der Waals surface area (Å²) in [7, 11) is -2.92. The van der Waals surface area contributed by atoms with Crippen molar-refractivity contribution in [2.24, 2.45) is 5.84 Å². The summed E-state index contributed by atoms with van der Waals surface area (Å²) in [6.07, 6.45) is 2.50. The van der Waals surface area contributed by atoms with E-state index >= 15 is 0 Å². The first kappa shape index (κ1) is 15.2. The normalized spacial score (nSPS) is 13.8. The highest BCUT2D eigenvalue weighted by Crippen LogP contribution is 2.29. The molecule has 1 atom stereocenters. The van der Waals surface area contributed by atoms with E-state index in [4.69, 9.17) is 10.3 Å². The molecule has 0 aliphatic carbocycles. The fourth-order valence-electron chi connectivity index (χ4n) is 2.18. The Bertz CT molecular complexity index is 506. The van der Waals surface area contributed by atoms with Crippen LogP contribution >= 0.6 is 0 Å². The predicted molar refractivity (Wildman–Crippen MR) is 71.9 cm³/mol. The predicted octanol–water partition coefficient (Wildman–Crippen LogP) is 1.53. The van der Waals surface area contributed by atoms with Crippen LogP contribution in [0, 0.1) is 20.8 Å². The first-order valence-electron chi connectivity index (χ1n) is 5.96. The summed E-state index contributed by atoms with van der Waals surface area (Å²) in [5, 5.41) is 0. The Hall–Kier alpha value is -0.850. The van der Waals surface area contributed by atoms with Gasteiger partial charge in [-0.25, -0.2) is 8.42 Å². The highest BCUT2D eigenvalue weighted by Gasteiger charge is 2.20. The molecule has 0 radical (unpaired) electrons. The van der Waals surface area contributed by atoms with Gasteiger partial charge in [-0.1, -0.05) is 0 Å². The van der Waals surface area contributed by atoms with Gasteiger partial charge in [-0.15, -0.1) is 0 Å². The molecule has 0 saturated heterocycles. The second-order valence-corrected chi connectivity index (χ2v) is 7.00. The average Bonchev–Trinajstić information content (AvgIpc) is 2.48. The molecule has 0 saturated carbocycles. The van der Waals surface area contributed by atoms with Gasteiger partial charge in [0.15, 0.2) is 0 Å². The Morgan fingerprint density at radius 2 is 1.89 bits per heavy atom. The van der Waals surface area contributed by atoms with Crippen LogP contribution in [0.5, 0.6) is 0 Å². The van der Waals surface area contributed by atoms with Crippen LogP contribution in [-0.2, 0) is 9.84 Å². The molecule has 5 nitrogen and oxygen atoms in total. The van der Waals surface area contributed by atoms with Crippen LogP contribution < -0.4 is 11.3 Å².